The second kappa shape index (κ2) is 6.96. The number of aryl methyl sites for hydroxylation is 1. The Morgan fingerprint density at radius 1 is 1.39 bits per heavy atom. The molecular formula is C13H22N4O. The number of nitrogens with two attached hydrogens (primary N) is 1. The van der Waals surface area contributed by atoms with Crippen LogP contribution in [0.4, 0.5) is 5.82 Å². The van der Waals surface area contributed by atoms with Crippen LogP contribution in [-0.4, -0.2) is 36.1 Å². The fraction of sp³-hybridized carbons (Fsp3) is 0.538. The molecule has 0 unspecified atom stereocenters. The average Bonchev–Trinajstić information content (AvgIpc) is 2.34. The quantitative estimate of drug-likeness (QED) is 0.386. The first kappa shape index (κ1) is 14.4. The number of aliphatic hydroxyl groups excluding tert-OH is 1. The number of aromatic nitrogens is 1. The average molecular weight is 250 g/mol. The third-order valence-corrected chi connectivity index (χ3v) is 2.82. The van der Waals surface area contributed by atoms with Gasteiger partial charge in [-0.05, 0) is 38.3 Å². The third kappa shape index (κ3) is 4.00. The van der Waals surface area contributed by atoms with Crippen molar-refractivity contribution in [2.75, 3.05) is 25.1 Å². The number of nitrogens with zero attached hydrogens (tertiary/aromatic N) is 2. The highest BCUT2D eigenvalue weighted by atomic mass is 16.2. The molecule has 0 aromatic carbocycles. The van der Waals surface area contributed by atoms with Crippen LogP contribution in [-0.2, 0) is 0 Å². The van der Waals surface area contributed by atoms with Gasteiger partial charge in [-0.2, -0.15) is 0 Å². The lowest BCUT2D eigenvalue weighted by Crippen LogP contribution is -2.25. The minimum atomic E-state index is 0.0414. The van der Waals surface area contributed by atoms with Crippen LogP contribution in [0.15, 0.2) is 12.1 Å². The molecule has 1 aromatic heterocycles. The predicted octanol–water partition coefficient (Wildman–Crippen LogP) is 1.27. The van der Waals surface area contributed by atoms with E-state index in [-0.39, 0.29) is 12.4 Å². The van der Waals surface area contributed by atoms with E-state index in [0.29, 0.717) is 5.56 Å². The van der Waals surface area contributed by atoms with E-state index >= 15 is 0 Å². The van der Waals surface area contributed by atoms with Gasteiger partial charge in [-0.3, -0.25) is 5.41 Å². The van der Waals surface area contributed by atoms with Gasteiger partial charge in [-0.15, -0.1) is 0 Å². The Hall–Kier alpha value is -1.62. The topological polar surface area (TPSA) is 86.2 Å². The molecule has 0 saturated heterocycles. The zero-order chi connectivity index (χ0) is 13.5. The molecule has 0 aliphatic carbocycles. The first-order chi connectivity index (χ1) is 8.56. The number of nitrogen functional groups attached to an aromatic ring is 1. The fourth-order valence-electron chi connectivity index (χ4n) is 1.79. The standard InChI is InChI=1S/C13H22N4O/c1-10-6-7-11(12(14)15)13(16-10)17(2)8-4-3-5-9-18/h6-7,18H,3-5,8-9H2,1-2H3,(H3,14,15). The smallest absolute Gasteiger partial charge is 0.139 e. The maximum Gasteiger partial charge on any atom is 0.139 e. The minimum Gasteiger partial charge on any atom is -0.396 e. The molecule has 0 bridgehead atoms. The number of nitrogens with one attached hydrogen (secondary N) is 1. The Labute approximate surface area is 108 Å². The molecule has 18 heavy (non-hydrogen) atoms. The van der Waals surface area contributed by atoms with Crippen molar-refractivity contribution in [1.82, 2.24) is 4.98 Å². The van der Waals surface area contributed by atoms with Crippen molar-refractivity contribution < 1.29 is 5.11 Å². The summed E-state index contributed by atoms with van der Waals surface area (Å²) in [7, 11) is 1.95. The Kier molecular flexibility index (Phi) is 5.58. The Morgan fingerprint density at radius 3 is 2.72 bits per heavy atom. The number of hydrogen-bond donors (Lipinski definition) is 3. The third-order valence-electron chi connectivity index (χ3n) is 2.82. The summed E-state index contributed by atoms with van der Waals surface area (Å²) < 4.78 is 0. The number of unbranched alkanes of at least 4 members (excludes halogenated alkanes) is 2. The largest absolute Gasteiger partial charge is 0.396 e. The summed E-state index contributed by atoms with van der Waals surface area (Å²) in [5.74, 6) is 0.797. The van der Waals surface area contributed by atoms with Crippen molar-refractivity contribution in [2.24, 2.45) is 5.73 Å². The van der Waals surface area contributed by atoms with Gasteiger partial charge >= 0.3 is 0 Å². The second-order valence-corrected chi connectivity index (χ2v) is 4.44. The Morgan fingerprint density at radius 2 is 2.11 bits per heavy atom. The fourth-order valence-corrected chi connectivity index (χ4v) is 1.79. The summed E-state index contributed by atoms with van der Waals surface area (Å²) in [5, 5.41) is 16.3. The molecule has 5 nitrogen and oxygen atoms in total. The lowest BCUT2D eigenvalue weighted by atomic mass is 10.2. The van der Waals surface area contributed by atoms with Gasteiger partial charge in [0.2, 0.25) is 0 Å². The van der Waals surface area contributed by atoms with Crippen LogP contribution in [0.25, 0.3) is 0 Å². The van der Waals surface area contributed by atoms with Gasteiger partial charge in [0.05, 0.1) is 5.56 Å². The van der Waals surface area contributed by atoms with Crippen molar-refractivity contribution in [3.8, 4) is 0 Å². The summed E-state index contributed by atoms with van der Waals surface area (Å²) in [5.41, 5.74) is 7.15. The van der Waals surface area contributed by atoms with Crippen LogP contribution in [0.5, 0.6) is 0 Å². The van der Waals surface area contributed by atoms with E-state index < -0.39 is 0 Å². The first-order valence-corrected chi connectivity index (χ1v) is 6.20. The van der Waals surface area contributed by atoms with Crippen molar-refractivity contribution in [2.45, 2.75) is 26.2 Å². The van der Waals surface area contributed by atoms with Gasteiger partial charge in [0, 0.05) is 25.9 Å². The molecule has 1 heterocycles. The van der Waals surface area contributed by atoms with Crippen molar-refractivity contribution in [1.29, 1.82) is 5.41 Å². The highest BCUT2D eigenvalue weighted by Gasteiger charge is 2.11. The molecule has 5 heteroatoms. The molecule has 0 saturated carbocycles. The molecule has 0 amide bonds. The van der Waals surface area contributed by atoms with Gasteiger partial charge in [0.1, 0.15) is 11.7 Å². The van der Waals surface area contributed by atoms with Crippen molar-refractivity contribution in [3.05, 3.63) is 23.4 Å². The zero-order valence-corrected chi connectivity index (χ0v) is 11.1. The molecular weight excluding hydrogens is 228 g/mol. The van der Waals surface area contributed by atoms with Crippen LogP contribution in [0.3, 0.4) is 0 Å². The monoisotopic (exact) mass is 250 g/mol. The first-order valence-electron chi connectivity index (χ1n) is 6.20. The molecule has 1 rings (SSSR count). The Bertz CT molecular complexity index is 406. The van der Waals surface area contributed by atoms with Gasteiger partial charge in [-0.1, -0.05) is 0 Å². The molecule has 0 atom stereocenters. The van der Waals surface area contributed by atoms with Crippen LogP contribution in [0, 0.1) is 12.3 Å². The van der Waals surface area contributed by atoms with Crippen molar-refractivity contribution in [3.63, 3.8) is 0 Å². The predicted molar refractivity (Wildman–Crippen MR) is 74.2 cm³/mol. The minimum absolute atomic E-state index is 0.0414. The lowest BCUT2D eigenvalue weighted by molar-refractivity contribution is 0.283. The zero-order valence-electron chi connectivity index (χ0n) is 11.1. The van der Waals surface area contributed by atoms with Gasteiger partial charge < -0.3 is 15.7 Å². The summed E-state index contributed by atoms with van der Waals surface area (Å²) >= 11 is 0. The van der Waals surface area contributed by atoms with Crippen LogP contribution >= 0.6 is 0 Å². The molecule has 4 N–H and O–H groups in total. The molecule has 1 aromatic rings. The van der Waals surface area contributed by atoms with Gasteiger partial charge in [-0.25, -0.2) is 4.98 Å². The molecule has 0 spiro atoms. The number of amidine groups is 1. The lowest BCUT2D eigenvalue weighted by Gasteiger charge is -2.21. The molecule has 100 valence electrons. The van der Waals surface area contributed by atoms with E-state index in [1.165, 1.54) is 0 Å². The van der Waals surface area contributed by atoms with E-state index in [9.17, 15) is 0 Å². The van der Waals surface area contributed by atoms with Gasteiger partial charge in [0.15, 0.2) is 0 Å². The van der Waals surface area contributed by atoms with E-state index in [0.717, 1.165) is 37.3 Å². The normalized spacial score (nSPS) is 10.4. The van der Waals surface area contributed by atoms with E-state index in [4.69, 9.17) is 16.2 Å². The number of anilines is 1. The Balaban J connectivity index is 2.74. The SMILES string of the molecule is Cc1ccc(C(=N)N)c(N(C)CCCCCO)n1. The summed E-state index contributed by atoms with van der Waals surface area (Å²) in [6.45, 7) is 3.01. The number of rotatable bonds is 7. The number of pyridine rings is 1. The molecule has 0 radical (unpaired) electrons. The maximum absolute atomic E-state index is 8.73. The van der Waals surface area contributed by atoms with E-state index in [1.54, 1.807) is 0 Å². The number of hydrogen-bond acceptors (Lipinski definition) is 4. The number of aliphatic hydroxyl groups is 1. The van der Waals surface area contributed by atoms with E-state index in [1.807, 2.05) is 31.0 Å². The second-order valence-electron chi connectivity index (χ2n) is 4.44. The highest BCUT2D eigenvalue weighted by molar-refractivity contribution is 5.99. The summed E-state index contributed by atoms with van der Waals surface area (Å²) in [4.78, 5) is 6.46. The van der Waals surface area contributed by atoms with Crippen molar-refractivity contribution >= 4 is 11.7 Å². The highest BCUT2D eigenvalue weighted by Crippen LogP contribution is 2.17. The van der Waals surface area contributed by atoms with Crippen LogP contribution in [0.1, 0.15) is 30.5 Å². The van der Waals surface area contributed by atoms with Gasteiger partial charge in [0.25, 0.3) is 0 Å². The van der Waals surface area contributed by atoms with Crippen LogP contribution < -0.4 is 10.6 Å². The molecule has 0 aliphatic rings. The summed E-state index contributed by atoms with van der Waals surface area (Å²) in [6, 6.07) is 3.70. The molecule has 0 fully saturated rings. The van der Waals surface area contributed by atoms with E-state index in [2.05, 4.69) is 4.98 Å². The summed E-state index contributed by atoms with van der Waals surface area (Å²) in [6.07, 6.45) is 2.81. The molecule has 0 aliphatic heterocycles. The van der Waals surface area contributed by atoms with Crippen LogP contribution in [0.2, 0.25) is 0 Å². The maximum atomic E-state index is 8.73.